The number of amides is 2. The van der Waals surface area contributed by atoms with E-state index in [1.807, 2.05) is 30.3 Å². The summed E-state index contributed by atoms with van der Waals surface area (Å²) >= 11 is 0. The van der Waals surface area contributed by atoms with Crippen molar-refractivity contribution in [1.29, 1.82) is 0 Å². The number of rotatable bonds is 6. The summed E-state index contributed by atoms with van der Waals surface area (Å²) in [6.45, 7) is 1.08. The molecule has 1 aromatic carbocycles. The standard InChI is InChI=1S/C20H24N4O4S/c1-29(27,28)24-12-10-23(11-13-24)20(26)18(14-16-6-3-2-4-7-16)22-19(25)17-8-5-9-21-15-17/h2-9,15,18H,10-14H2,1H3,(H,22,25)/t18-/m0/s1. The van der Waals surface area contributed by atoms with Crippen LogP contribution in [0.15, 0.2) is 54.9 Å². The molecule has 1 N–H and O–H groups in total. The number of piperazine rings is 1. The predicted molar refractivity (Wildman–Crippen MR) is 109 cm³/mol. The molecular weight excluding hydrogens is 392 g/mol. The van der Waals surface area contributed by atoms with Gasteiger partial charge < -0.3 is 10.2 Å². The third-order valence-electron chi connectivity index (χ3n) is 4.83. The smallest absolute Gasteiger partial charge is 0.253 e. The zero-order chi connectivity index (χ0) is 20.9. The maximum atomic E-state index is 13.2. The van der Waals surface area contributed by atoms with Crippen LogP contribution in [0.5, 0.6) is 0 Å². The van der Waals surface area contributed by atoms with Crippen molar-refractivity contribution in [3.63, 3.8) is 0 Å². The van der Waals surface area contributed by atoms with Crippen LogP contribution < -0.4 is 5.32 Å². The van der Waals surface area contributed by atoms with Gasteiger partial charge in [0.1, 0.15) is 6.04 Å². The highest BCUT2D eigenvalue weighted by atomic mass is 32.2. The van der Waals surface area contributed by atoms with Gasteiger partial charge in [-0.05, 0) is 17.7 Å². The maximum Gasteiger partial charge on any atom is 0.253 e. The lowest BCUT2D eigenvalue weighted by Crippen LogP contribution is -2.56. The molecule has 8 nitrogen and oxygen atoms in total. The number of benzene rings is 1. The fourth-order valence-corrected chi connectivity index (χ4v) is 4.08. The molecule has 9 heteroatoms. The molecular formula is C20H24N4O4S. The summed E-state index contributed by atoms with van der Waals surface area (Å²) in [4.78, 5) is 31.3. The van der Waals surface area contributed by atoms with Gasteiger partial charge in [0.25, 0.3) is 5.91 Å². The van der Waals surface area contributed by atoms with Crippen LogP contribution in [0.3, 0.4) is 0 Å². The molecule has 0 saturated carbocycles. The fraction of sp³-hybridized carbons (Fsp3) is 0.350. The average Bonchev–Trinajstić information content (AvgIpc) is 2.73. The van der Waals surface area contributed by atoms with Gasteiger partial charge in [-0.15, -0.1) is 0 Å². The Bertz CT molecular complexity index is 943. The molecule has 1 saturated heterocycles. The van der Waals surface area contributed by atoms with E-state index in [4.69, 9.17) is 0 Å². The molecule has 0 bridgehead atoms. The first-order valence-electron chi connectivity index (χ1n) is 9.33. The number of hydrogen-bond donors (Lipinski definition) is 1. The summed E-state index contributed by atoms with van der Waals surface area (Å²) in [5.74, 6) is -0.596. The zero-order valence-electron chi connectivity index (χ0n) is 16.2. The highest BCUT2D eigenvalue weighted by molar-refractivity contribution is 7.88. The topological polar surface area (TPSA) is 99.7 Å². The molecule has 0 radical (unpaired) electrons. The molecule has 1 fully saturated rings. The molecule has 154 valence electrons. The molecule has 1 aromatic heterocycles. The van der Waals surface area contributed by atoms with E-state index in [9.17, 15) is 18.0 Å². The SMILES string of the molecule is CS(=O)(=O)N1CCN(C(=O)[C@H](Cc2ccccc2)NC(=O)c2cccnc2)CC1. The highest BCUT2D eigenvalue weighted by Gasteiger charge is 2.31. The summed E-state index contributed by atoms with van der Waals surface area (Å²) in [5.41, 5.74) is 1.30. The monoisotopic (exact) mass is 416 g/mol. The third kappa shape index (κ3) is 5.61. The summed E-state index contributed by atoms with van der Waals surface area (Å²) in [6, 6.07) is 12.0. The van der Waals surface area contributed by atoms with E-state index in [1.54, 1.807) is 23.2 Å². The van der Waals surface area contributed by atoms with E-state index in [-0.39, 0.29) is 24.9 Å². The maximum absolute atomic E-state index is 13.2. The molecule has 2 amide bonds. The van der Waals surface area contributed by atoms with Crippen LogP contribution >= 0.6 is 0 Å². The summed E-state index contributed by atoms with van der Waals surface area (Å²) in [5, 5.41) is 2.82. The molecule has 0 aliphatic carbocycles. The molecule has 2 heterocycles. The van der Waals surface area contributed by atoms with Crippen LogP contribution in [0.25, 0.3) is 0 Å². The van der Waals surface area contributed by atoms with Crippen molar-refractivity contribution < 1.29 is 18.0 Å². The van der Waals surface area contributed by atoms with Crippen molar-refractivity contribution >= 4 is 21.8 Å². The highest BCUT2D eigenvalue weighted by Crippen LogP contribution is 2.11. The van der Waals surface area contributed by atoms with Crippen LogP contribution in [0.4, 0.5) is 0 Å². The molecule has 1 aliphatic heterocycles. The van der Waals surface area contributed by atoms with E-state index in [0.717, 1.165) is 11.8 Å². The van der Waals surface area contributed by atoms with Crippen LogP contribution in [0, 0.1) is 0 Å². The lowest BCUT2D eigenvalue weighted by Gasteiger charge is -2.35. The molecule has 1 aliphatic rings. The number of aromatic nitrogens is 1. The van der Waals surface area contributed by atoms with E-state index < -0.39 is 16.1 Å². The van der Waals surface area contributed by atoms with E-state index >= 15 is 0 Å². The quantitative estimate of drug-likeness (QED) is 0.740. The van der Waals surface area contributed by atoms with Gasteiger partial charge in [-0.1, -0.05) is 30.3 Å². The van der Waals surface area contributed by atoms with Crippen molar-refractivity contribution in [3.05, 3.63) is 66.0 Å². The van der Waals surface area contributed by atoms with Crippen molar-refractivity contribution in [3.8, 4) is 0 Å². The predicted octanol–water partition coefficient (Wildman–Crippen LogP) is 0.527. The van der Waals surface area contributed by atoms with Gasteiger partial charge in [-0.3, -0.25) is 14.6 Å². The summed E-state index contributed by atoms with van der Waals surface area (Å²) < 4.78 is 24.8. The molecule has 3 rings (SSSR count). The van der Waals surface area contributed by atoms with Gasteiger partial charge in [-0.25, -0.2) is 8.42 Å². The number of pyridine rings is 1. The van der Waals surface area contributed by atoms with Gasteiger partial charge in [0, 0.05) is 45.0 Å². The van der Waals surface area contributed by atoms with E-state index in [1.165, 1.54) is 10.5 Å². The van der Waals surface area contributed by atoms with Crippen LogP contribution in [0.1, 0.15) is 15.9 Å². The summed E-state index contributed by atoms with van der Waals surface area (Å²) in [7, 11) is -3.28. The molecule has 29 heavy (non-hydrogen) atoms. The Morgan fingerprint density at radius 2 is 1.76 bits per heavy atom. The first-order valence-corrected chi connectivity index (χ1v) is 11.2. The Balaban J connectivity index is 1.74. The van der Waals surface area contributed by atoms with Crippen LogP contribution in [0.2, 0.25) is 0 Å². The van der Waals surface area contributed by atoms with Gasteiger partial charge >= 0.3 is 0 Å². The van der Waals surface area contributed by atoms with Crippen molar-refractivity contribution in [1.82, 2.24) is 19.5 Å². The number of nitrogens with zero attached hydrogens (tertiary/aromatic N) is 3. The number of sulfonamides is 1. The summed E-state index contributed by atoms with van der Waals surface area (Å²) in [6.07, 6.45) is 4.53. The Morgan fingerprint density at radius 3 is 2.34 bits per heavy atom. The van der Waals surface area contributed by atoms with Gasteiger partial charge in [0.2, 0.25) is 15.9 Å². The number of nitrogens with one attached hydrogen (secondary N) is 1. The second-order valence-electron chi connectivity index (χ2n) is 6.94. The minimum absolute atomic E-state index is 0.223. The molecule has 0 spiro atoms. The van der Waals surface area contributed by atoms with Gasteiger partial charge in [-0.2, -0.15) is 4.31 Å². The number of carbonyl (C=O) groups is 2. The van der Waals surface area contributed by atoms with Crippen molar-refractivity contribution in [2.45, 2.75) is 12.5 Å². The molecule has 0 unspecified atom stereocenters. The van der Waals surface area contributed by atoms with Gasteiger partial charge in [0.15, 0.2) is 0 Å². The molecule has 1 atom stereocenters. The lowest BCUT2D eigenvalue weighted by atomic mass is 10.0. The first-order chi connectivity index (χ1) is 13.8. The van der Waals surface area contributed by atoms with Crippen molar-refractivity contribution in [2.75, 3.05) is 32.4 Å². The van der Waals surface area contributed by atoms with Gasteiger partial charge in [0.05, 0.1) is 11.8 Å². The fourth-order valence-electron chi connectivity index (χ4n) is 3.25. The second kappa shape index (κ2) is 9.15. The van der Waals surface area contributed by atoms with Crippen LogP contribution in [-0.4, -0.2) is 72.9 Å². The number of hydrogen-bond acceptors (Lipinski definition) is 5. The van der Waals surface area contributed by atoms with E-state index in [0.29, 0.717) is 25.1 Å². The lowest BCUT2D eigenvalue weighted by molar-refractivity contribution is -0.134. The normalized spacial score (nSPS) is 16.2. The Labute approximate surface area is 170 Å². The zero-order valence-corrected chi connectivity index (χ0v) is 17.0. The van der Waals surface area contributed by atoms with E-state index in [2.05, 4.69) is 10.3 Å². The second-order valence-corrected chi connectivity index (χ2v) is 8.93. The Hall–Kier alpha value is -2.78. The Kier molecular flexibility index (Phi) is 6.60. The minimum atomic E-state index is -3.28. The number of carbonyl (C=O) groups excluding carboxylic acids is 2. The third-order valence-corrected chi connectivity index (χ3v) is 6.13. The first kappa shape index (κ1) is 20.9. The van der Waals surface area contributed by atoms with Crippen LogP contribution in [-0.2, 0) is 21.2 Å². The minimum Gasteiger partial charge on any atom is -0.340 e. The Morgan fingerprint density at radius 1 is 1.07 bits per heavy atom. The molecule has 2 aromatic rings. The van der Waals surface area contributed by atoms with Crippen molar-refractivity contribution in [2.24, 2.45) is 0 Å². The average molecular weight is 417 g/mol. The largest absolute Gasteiger partial charge is 0.340 e.